The minimum Gasteiger partial charge on any atom is -0.488 e. The normalized spacial score (nSPS) is 14.2. The maximum atomic E-state index is 13.0. The van der Waals surface area contributed by atoms with Crippen molar-refractivity contribution in [2.45, 2.75) is 32.0 Å². The molecule has 1 aliphatic rings. The maximum Gasteiger partial charge on any atom is 0.141 e. The molecule has 2 aromatic rings. The molecule has 1 aromatic heterocycles. The molecule has 110 valence electrons. The van der Waals surface area contributed by atoms with Crippen molar-refractivity contribution < 1.29 is 9.13 Å². The SMILES string of the molecule is Fc1cncc(COc2ccc(CNC3CC3)cc2Br)c1. The highest BCUT2D eigenvalue weighted by molar-refractivity contribution is 9.10. The van der Waals surface area contributed by atoms with Crippen LogP contribution in [0.15, 0.2) is 41.1 Å². The van der Waals surface area contributed by atoms with Crippen molar-refractivity contribution in [2.75, 3.05) is 0 Å². The van der Waals surface area contributed by atoms with Crippen molar-refractivity contribution in [3.05, 3.63) is 58.1 Å². The first-order valence-corrected chi connectivity index (χ1v) is 7.74. The van der Waals surface area contributed by atoms with Gasteiger partial charge in [-0.25, -0.2) is 4.39 Å². The van der Waals surface area contributed by atoms with Gasteiger partial charge in [0.25, 0.3) is 0 Å². The van der Waals surface area contributed by atoms with Gasteiger partial charge in [0, 0.05) is 24.3 Å². The zero-order valence-corrected chi connectivity index (χ0v) is 13.1. The molecule has 0 atom stereocenters. The van der Waals surface area contributed by atoms with Gasteiger partial charge in [-0.2, -0.15) is 0 Å². The molecule has 0 spiro atoms. The minimum absolute atomic E-state index is 0.295. The molecule has 3 rings (SSSR count). The maximum absolute atomic E-state index is 13.0. The van der Waals surface area contributed by atoms with Crippen molar-refractivity contribution in [1.82, 2.24) is 10.3 Å². The van der Waals surface area contributed by atoms with Gasteiger partial charge in [0.05, 0.1) is 10.7 Å². The van der Waals surface area contributed by atoms with E-state index < -0.39 is 0 Å². The first kappa shape index (κ1) is 14.5. The molecule has 0 amide bonds. The van der Waals surface area contributed by atoms with Crippen LogP contribution in [-0.2, 0) is 13.2 Å². The van der Waals surface area contributed by atoms with Gasteiger partial charge in [0.2, 0.25) is 0 Å². The Labute approximate surface area is 131 Å². The highest BCUT2D eigenvalue weighted by Crippen LogP contribution is 2.27. The first-order valence-electron chi connectivity index (χ1n) is 6.95. The fourth-order valence-electron chi connectivity index (χ4n) is 2.02. The number of ether oxygens (including phenoxy) is 1. The van der Waals surface area contributed by atoms with Crippen molar-refractivity contribution in [2.24, 2.45) is 0 Å². The lowest BCUT2D eigenvalue weighted by Crippen LogP contribution is -2.15. The quantitative estimate of drug-likeness (QED) is 0.859. The topological polar surface area (TPSA) is 34.1 Å². The molecule has 1 aliphatic carbocycles. The van der Waals surface area contributed by atoms with Gasteiger partial charge >= 0.3 is 0 Å². The van der Waals surface area contributed by atoms with Crippen LogP contribution in [0.3, 0.4) is 0 Å². The summed E-state index contributed by atoms with van der Waals surface area (Å²) in [5, 5.41) is 3.47. The summed E-state index contributed by atoms with van der Waals surface area (Å²) in [6.07, 6.45) is 5.35. The predicted octanol–water partition coefficient (Wildman–Crippen LogP) is 3.81. The number of benzene rings is 1. The Bertz CT molecular complexity index is 631. The molecule has 1 fully saturated rings. The summed E-state index contributed by atoms with van der Waals surface area (Å²) in [4.78, 5) is 3.80. The number of pyridine rings is 1. The Balaban J connectivity index is 1.59. The average molecular weight is 351 g/mol. The van der Waals surface area contributed by atoms with Crippen LogP contribution in [0, 0.1) is 5.82 Å². The number of hydrogen-bond donors (Lipinski definition) is 1. The van der Waals surface area contributed by atoms with Crippen LogP contribution < -0.4 is 10.1 Å². The van der Waals surface area contributed by atoms with Gasteiger partial charge < -0.3 is 10.1 Å². The van der Waals surface area contributed by atoms with Crippen molar-refractivity contribution in [3.8, 4) is 5.75 Å². The smallest absolute Gasteiger partial charge is 0.141 e. The summed E-state index contributed by atoms with van der Waals surface area (Å²) in [7, 11) is 0. The van der Waals surface area contributed by atoms with Crippen LogP contribution in [0.2, 0.25) is 0 Å². The van der Waals surface area contributed by atoms with Crippen LogP contribution in [0.25, 0.3) is 0 Å². The second-order valence-corrected chi connectivity index (χ2v) is 6.07. The fraction of sp³-hybridized carbons (Fsp3) is 0.312. The van der Waals surface area contributed by atoms with E-state index in [-0.39, 0.29) is 5.82 Å². The molecule has 21 heavy (non-hydrogen) atoms. The molecular weight excluding hydrogens is 335 g/mol. The lowest BCUT2D eigenvalue weighted by molar-refractivity contribution is 0.303. The molecule has 0 saturated heterocycles. The summed E-state index contributed by atoms with van der Waals surface area (Å²) >= 11 is 3.52. The Morgan fingerprint density at radius 3 is 2.81 bits per heavy atom. The summed E-state index contributed by atoms with van der Waals surface area (Å²) in [6.45, 7) is 1.17. The summed E-state index contributed by atoms with van der Waals surface area (Å²) in [5.41, 5.74) is 1.93. The Morgan fingerprint density at radius 1 is 1.24 bits per heavy atom. The summed E-state index contributed by atoms with van der Waals surface area (Å²) < 4.78 is 19.6. The molecule has 3 nitrogen and oxygen atoms in total. The molecule has 0 aliphatic heterocycles. The lowest BCUT2D eigenvalue weighted by Gasteiger charge is -2.10. The molecule has 5 heteroatoms. The van der Waals surface area contributed by atoms with Crippen LogP contribution in [0.4, 0.5) is 4.39 Å². The second-order valence-electron chi connectivity index (χ2n) is 5.22. The third kappa shape index (κ3) is 4.25. The van der Waals surface area contributed by atoms with Gasteiger partial charge in [-0.3, -0.25) is 4.98 Å². The van der Waals surface area contributed by atoms with Crippen molar-refractivity contribution in [1.29, 1.82) is 0 Å². The Kier molecular flexibility index (Phi) is 4.51. The number of nitrogens with one attached hydrogen (secondary N) is 1. The van der Waals surface area contributed by atoms with Crippen LogP contribution >= 0.6 is 15.9 Å². The molecular formula is C16H16BrFN2O. The van der Waals surface area contributed by atoms with Gasteiger partial charge in [-0.1, -0.05) is 6.07 Å². The van der Waals surface area contributed by atoms with Crippen LogP contribution in [0.5, 0.6) is 5.75 Å². The van der Waals surface area contributed by atoms with Gasteiger partial charge in [0.15, 0.2) is 0 Å². The number of aromatic nitrogens is 1. The molecule has 1 saturated carbocycles. The predicted molar refractivity (Wildman–Crippen MR) is 82.5 cm³/mol. The first-order chi connectivity index (χ1) is 10.2. The number of halogens is 2. The van der Waals surface area contributed by atoms with E-state index in [9.17, 15) is 4.39 Å². The largest absolute Gasteiger partial charge is 0.488 e. The van der Waals surface area contributed by atoms with E-state index in [0.29, 0.717) is 18.2 Å². The fourth-order valence-corrected chi connectivity index (χ4v) is 2.56. The lowest BCUT2D eigenvalue weighted by atomic mass is 10.2. The Hall–Kier alpha value is -1.46. The number of nitrogens with zero attached hydrogens (tertiary/aromatic N) is 1. The zero-order chi connectivity index (χ0) is 14.7. The third-order valence-electron chi connectivity index (χ3n) is 3.32. The van der Waals surface area contributed by atoms with Gasteiger partial charge in [0.1, 0.15) is 18.2 Å². The molecule has 0 bridgehead atoms. The van der Waals surface area contributed by atoms with E-state index in [1.807, 2.05) is 12.1 Å². The monoisotopic (exact) mass is 350 g/mol. The second kappa shape index (κ2) is 6.54. The summed E-state index contributed by atoms with van der Waals surface area (Å²) in [5.74, 6) is 0.395. The third-order valence-corrected chi connectivity index (χ3v) is 3.94. The standard InChI is InChI=1S/C16H16BrFN2O/c17-15-6-11(8-20-14-2-3-14)1-4-16(15)21-10-12-5-13(18)9-19-7-12/h1,4-7,9,14,20H,2-3,8,10H2. The van der Waals surface area contributed by atoms with E-state index in [1.54, 1.807) is 6.20 Å². The van der Waals surface area contributed by atoms with Crippen molar-refractivity contribution >= 4 is 15.9 Å². The highest BCUT2D eigenvalue weighted by Gasteiger charge is 2.20. The molecule has 0 unspecified atom stereocenters. The molecule has 1 N–H and O–H groups in total. The van der Waals surface area contributed by atoms with E-state index in [4.69, 9.17) is 4.74 Å². The van der Waals surface area contributed by atoms with Crippen LogP contribution in [0.1, 0.15) is 24.0 Å². The summed E-state index contributed by atoms with van der Waals surface area (Å²) in [6, 6.07) is 8.14. The van der Waals surface area contributed by atoms with E-state index in [2.05, 4.69) is 32.3 Å². The average Bonchev–Trinajstić information content (AvgIpc) is 3.28. The van der Waals surface area contributed by atoms with Gasteiger partial charge in [-0.05, 0) is 52.5 Å². The minimum atomic E-state index is -0.350. The molecule has 1 heterocycles. The molecule has 0 radical (unpaired) electrons. The Morgan fingerprint density at radius 2 is 2.10 bits per heavy atom. The van der Waals surface area contributed by atoms with E-state index in [0.717, 1.165) is 16.8 Å². The molecule has 1 aromatic carbocycles. The van der Waals surface area contributed by atoms with Crippen LogP contribution in [-0.4, -0.2) is 11.0 Å². The van der Waals surface area contributed by atoms with Gasteiger partial charge in [-0.15, -0.1) is 0 Å². The number of rotatable bonds is 6. The van der Waals surface area contributed by atoms with E-state index >= 15 is 0 Å². The van der Waals surface area contributed by atoms with Crippen molar-refractivity contribution in [3.63, 3.8) is 0 Å². The zero-order valence-electron chi connectivity index (χ0n) is 11.5. The highest BCUT2D eigenvalue weighted by atomic mass is 79.9. The van der Waals surface area contributed by atoms with E-state index in [1.165, 1.54) is 30.7 Å². The number of hydrogen-bond acceptors (Lipinski definition) is 3.